The number of pyridine rings is 3. The van der Waals surface area contributed by atoms with E-state index in [4.69, 9.17) is 4.98 Å². The van der Waals surface area contributed by atoms with Crippen LogP contribution in [-0.2, 0) is 0 Å². The molecule has 0 saturated heterocycles. The predicted molar refractivity (Wildman–Crippen MR) is 208 cm³/mol. The smallest absolute Gasteiger partial charge is 0.167 e. The van der Waals surface area contributed by atoms with Gasteiger partial charge in [0.1, 0.15) is 11.6 Å². The highest BCUT2D eigenvalue weighted by Crippen LogP contribution is 2.37. The number of fused-ring (bicyclic) bond motifs is 6. The summed E-state index contributed by atoms with van der Waals surface area (Å²) >= 11 is 0. The Hall–Kier alpha value is -7.13. The van der Waals surface area contributed by atoms with Gasteiger partial charge in [0.15, 0.2) is 17.5 Å². The molecule has 8 aromatic rings. The fraction of sp³-hybridized carbons (Fsp3) is 0.0444. The van der Waals surface area contributed by atoms with Crippen LogP contribution in [0.25, 0.3) is 84.3 Å². The first kappa shape index (κ1) is 31.6. The van der Waals surface area contributed by atoms with Crippen LogP contribution in [0.4, 0.5) is 8.78 Å². The lowest BCUT2D eigenvalue weighted by Crippen LogP contribution is -2.21. The quantitative estimate of drug-likeness (QED) is 0.166. The summed E-state index contributed by atoms with van der Waals surface area (Å²) in [7, 11) is 0. The van der Waals surface area contributed by atoms with Crippen molar-refractivity contribution in [3.63, 3.8) is 0 Å². The molecule has 5 heterocycles. The fourth-order valence-corrected chi connectivity index (χ4v) is 7.33. The van der Waals surface area contributed by atoms with Crippen molar-refractivity contribution in [3.05, 3.63) is 163 Å². The SMILES string of the molecule is Fc1cc(-c2ccnc3c2C=CC2CC=CN=C32)ccc1-c1nc(-c2ccccc2)nc(-c2ccc(-c3ccnc4c3ccc3cccnc34)cc2F)n1. The summed E-state index contributed by atoms with van der Waals surface area (Å²) in [5, 5.41) is 1.83. The number of aromatic nitrogens is 6. The Balaban J connectivity index is 1.06. The maximum Gasteiger partial charge on any atom is 0.167 e. The zero-order chi connectivity index (χ0) is 36.2. The van der Waals surface area contributed by atoms with Gasteiger partial charge in [-0.05, 0) is 71.1 Å². The van der Waals surface area contributed by atoms with E-state index >= 15 is 8.78 Å². The van der Waals surface area contributed by atoms with Crippen LogP contribution in [0, 0.1) is 17.6 Å². The Morgan fingerprint density at radius 1 is 0.556 bits per heavy atom. The van der Waals surface area contributed by atoms with E-state index in [0.717, 1.165) is 56.3 Å². The second kappa shape index (κ2) is 12.8. The molecule has 1 aliphatic carbocycles. The summed E-state index contributed by atoms with van der Waals surface area (Å²) in [5.41, 5.74) is 8.15. The first-order valence-corrected chi connectivity index (χ1v) is 17.5. The molecular formula is C45H27F2N7. The number of nitrogens with zero attached hydrogens (tertiary/aromatic N) is 7. The van der Waals surface area contributed by atoms with Crippen LogP contribution >= 0.6 is 0 Å². The Kier molecular flexibility index (Phi) is 7.50. The monoisotopic (exact) mass is 703 g/mol. The third-order valence-corrected chi connectivity index (χ3v) is 9.98. The van der Waals surface area contributed by atoms with Crippen LogP contribution in [0.3, 0.4) is 0 Å². The largest absolute Gasteiger partial charge is 0.259 e. The molecule has 4 aromatic carbocycles. The highest BCUT2D eigenvalue weighted by Gasteiger charge is 2.26. The molecule has 10 rings (SSSR count). The van der Waals surface area contributed by atoms with Crippen LogP contribution in [0.2, 0.25) is 0 Å². The van der Waals surface area contributed by atoms with E-state index in [1.807, 2.05) is 97.2 Å². The lowest BCUT2D eigenvalue weighted by atomic mass is 9.84. The van der Waals surface area contributed by atoms with Gasteiger partial charge in [0.2, 0.25) is 0 Å². The second-order valence-electron chi connectivity index (χ2n) is 13.2. The van der Waals surface area contributed by atoms with Gasteiger partial charge in [0.05, 0.1) is 33.6 Å². The minimum Gasteiger partial charge on any atom is -0.259 e. The molecule has 7 nitrogen and oxygen atoms in total. The maximum atomic E-state index is 16.3. The van der Waals surface area contributed by atoms with Crippen molar-refractivity contribution in [2.75, 3.05) is 0 Å². The zero-order valence-corrected chi connectivity index (χ0v) is 28.5. The van der Waals surface area contributed by atoms with Crippen molar-refractivity contribution in [2.45, 2.75) is 6.42 Å². The molecule has 0 saturated carbocycles. The summed E-state index contributed by atoms with van der Waals surface area (Å²) < 4.78 is 32.6. The Labute approximate surface area is 308 Å². The van der Waals surface area contributed by atoms with Crippen molar-refractivity contribution in [1.29, 1.82) is 0 Å². The Morgan fingerprint density at radius 3 is 2.04 bits per heavy atom. The van der Waals surface area contributed by atoms with Crippen LogP contribution in [0.5, 0.6) is 0 Å². The fourth-order valence-electron chi connectivity index (χ4n) is 7.33. The van der Waals surface area contributed by atoms with Crippen molar-refractivity contribution < 1.29 is 8.78 Å². The van der Waals surface area contributed by atoms with Gasteiger partial charge in [-0.25, -0.2) is 23.7 Å². The van der Waals surface area contributed by atoms with Gasteiger partial charge in [-0.15, -0.1) is 0 Å². The molecule has 1 unspecified atom stereocenters. The highest BCUT2D eigenvalue weighted by molar-refractivity contribution is 6.09. The molecule has 2 aliphatic rings. The van der Waals surface area contributed by atoms with Crippen molar-refractivity contribution in [3.8, 4) is 56.4 Å². The van der Waals surface area contributed by atoms with Gasteiger partial charge in [0.25, 0.3) is 0 Å². The van der Waals surface area contributed by atoms with Gasteiger partial charge in [-0.3, -0.25) is 19.9 Å². The number of rotatable bonds is 5. The molecule has 1 atom stereocenters. The molecule has 0 bridgehead atoms. The number of aliphatic imine (C=N–C) groups is 1. The molecule has 0 spiro atoms. The van der Waals surface area contributed by atoms with E-state index in [1.54, 1.807) is 30.7 Å². The van der Waals surface area contributed by atoms with Crippen LogP contribution in [-0.4, -0.2) is 35.6 Å². The summed E-state index contributed by atoms with van der Waals surface area (Å²) in [5.74, 6) is -0.394. The van der Waals surface area contributed by atoms with E-state index < -0.39 is 11.6 Å². The molecule has 9 heteroatoms. The molecule has 0 N–H and O–H groups in total. The molecule has 256 valence electrons. The number of allylic oxidation sites excluding steroid dienone is 2. The summed E-state index contributed by atoms with van der Waals surface area (Å²) in [6.07, 6.45) is 14.1. The molecule has 0 radical (unpaired) electrons. The van der Waals surface area contributed by atoms with Crippen LogP contribution in [0.15, 0.2) is 145 Å². The van der Waals surface area contributed by atoms with Gasteiger partial charge in [0, 0.05) is 52.6 Å². The number of benzene rings is 4. The topological polar surface area (TPSA) is 89.7 Å². The first-order valence-electron chi connectivity index (χ1n) is 17.5. The average Bonchev–Trinajstić information content (AvgIpc) is 3.23. The van der Waals surface area contributed by atoms with E-state index in [-0.39, 0.29) is 28.7 Å². The predicted octanol–water partition coefficient (Wildman–Crippen LogP) is 10.3. The standard InChI is InChI=1S/C45H27F2N7/c46-37-24-29(31-18-22-50-41-33(31)14-10-26-8-4-20-48-39(26)41)12-16-35(37)44-52-43(28-6-2-1-3-7-28)53-45(54-44)36-17-13-30(25-38(36)47)32-19-23-51-42-34(32)15-11-27-9-5-21-49-40(27)42/h1-8,10-25,27H,9H2. The van der Waals surface area contributed by atoms with Crippen molar-refractivity contribution in [2.24, 2.45) is 10.9 Å². The van der Waals surface area contributed by atoms with E-state index in [0.29, 0.717) is 22.5 Å². The van der Waals surface area contributed by atoms with E-state index in [1.165, 1.54) is 12.1 Å². The maximum absolute atomic E-state index is 16.3. The van der Waals surface area contributed by atoms with Crippen LogP contribution in [0.1, 0.15) is 17.7 Å². The van der Waals surface area contributed by atoms with Crippen molar-refractivity contribution in [1.82, 2.24) is 29.9 Å². The van der Waals surface area contributed by atoms with E-state index in [9.17, 15) is 0 Å². The third kappa shape index (κ3) is 5.37. The van der Waals surface area contributed by atoms with E-state index in [2.05, 4.69) is 36.0 Å². The summed E-state index contributed by atoms with van der Waals surface area (Å²) in [6.45, 7) is 0. The normalized spacial score (nSPS) is 14.6. The Morgan fingerprint density at radius 2 is 1.26 bits per heavy atom. The number of hydrogen-bond acceptors (Lipinski definition) is 7. The first-order chi connectivity index (χ1) is 26.6. The molecule has 4 aromatic heterocycles. The molecule has 54 heavy (non-hydrogen) atoms. The van der Waals surface area contributed by atoms with Crippen LogP contribution < -0.4 is 0 Å². The summed E-state index contributed by atoms with van der Waals surface area (Å²) in [4.78, 5) is 32.4. The average molecular weight is 704 g/mol. The minimum absolute atomic E-state index is 0.0892. The van der Waals surface area contributed by atoms with Crippen molar-refractivity contribution >= 4 is 33.6 Å². The minimum atomic E-state index is -0.529. The van der Waals surface area contributed by atoms with Gasteiger partial charge < -0.3 is 0 Å². The number of halogens is 2. The highest BCUT2D eigenvalue weighted by atomic mass is 19.1. The second-order valence-corrected chi connectivity index (χ2v) is 13.2. The lowest BCUT2D eigenvalue weighted by molar-refractivity contribution is 0.629. The lowest BCUT2D eigenvalue weighted by Gasteiger charge is -2.23. The molecular weight excluding hydrogens is 677 g/mol. The van der Waals surface area contributed by atoms with Gasteiger partial charge in [-0.2, -0.15) is 0 Å². The van der Waals surface area contributed by atoms with Gasteiger partial charge in [-0.1, -0.05) is 78.9 Å². The zero-order valence-electron chi connectivity index (χ0n) is 28.5. The molecule has 0 amide bonds. The Bertz CT molecular complexity index is 2900. The number of hydrogen-bond donors (Lipinski definition) is 0. The summed E-state index contributed by atoms with van der Waals surface area (Å²) in [6, 6.07) is 30.8. The molecule has 0 fully saturated rings. The van der Waals surface area contributed by atoms with Gasteiger partial charge >= 0.3 is 0 Å². The molecule has 1 aliphatic heterocycles. The third-order valence-electron chi connectivity index (χ3n) is 9.98.